The third kappa shape index (κ3) is 2.35. The molecule has 0 unspecified atom stereocenters. The third-order valence-electron chi connectivity index (χ3n) is 2.29. The highest BCUT2D eigenvalue weighted by Gasteiger charge is 2.08. The summed E-state index contributed by atoms with van der Waals surface area (Å²) in [5.41, 5.74) is 7.69. The normalized spacial score (nSPS) is 10.3. The largest absolute Gasteiger partial charge is 0.472 e. The van der Waals surface area contributed by atoms with E-state index in [1.165, 1.54) is 0 Å². The van der Waals surface area contributed by atoms with Crippen LogP contribution in [-0.4, -0.2) is 10.8 Å². The summed E-state index contributed by atoms with van der Waals surface area (Å²) in [4.78, 5) is 15.9. The van der Waals surface area contributed by atoms with E-state index in [2.05, 4.69) is 4.98 Å². The monoisotopic (exact) mass is 216 g/mol. The summed E-state index contributed by atoms with van der Waals surface area (Å²) < 4.78 is 4.91. The molecule has 2 aromatic rings. The predicted molar refractivity (Wildman–Crippen MR) is 58.9 cm³/mol. The Hall–Kier alpha value is -1.94. The first-order valence-electron chi connectivity index (χ1n) is 4.99. The standard InChI is InChI=1S/C12H12N2O2/c13-7-11-6-10(1-3-14-11)12(15)5-9-2-4-16-8-9/h1-4,6,8H,5,7,13H2. The van der Waals surface area contributed by atoms with Crippen LogP contribution >= 0.6 is 0 Å². The molecule has 0 saturated carbocycles. The van der Waals surface area contributed by atoms with Gasteiger partial charge < -0.3 is 10.2 Å². The van der Waals surface area contributed by atoms with Gasteiger partial charge in [-0.15, -0.1) is 0 Å². The molecule has 0 saturated heterocycles. The lowest BCUT2D eigenvalue weighted by Gasteiger charge is -2.01. The van der Waals surface area contributed by atoms with Gasteiger partial charge in [0.25, 0.3) is 0 Å². The van der Waals surface area contributed by atoms with E-state index in [0.717, 1.165) is 11.3 Å². The van der Waals surface area contributed by atoms with Gasteiger partial charge in [-0.25, -0.2) is 0 Å². The first-order chi connectivity index (χ1) is 7.79. The molecular formula is C12H12N2O2. The second-order valence-electron chi connectivity index (χ2n) is 3.47. The van der Waals surface area contributed by atoms with E-state index in [0.29, 0.717) is 18.5 Å². The van der Waals surface area contributed by atoms with Gasteiger partial charge in [0.1, 0.15) is 0 Å². The van der Waals surface area contributed by atoms with Crippen molar-refractivity contribution in [2.45, 2.75) is 13.0 Å². The summed E-state index contributed by atoms with van der Waals surface area (Å²) in [5.74, 6) is 0.0403. The van der Waals surface area contributed by atoms with Gasteiger partial charge in [0.05, 0.1) is 18.2 Å². The van der Waals surface area contributed by atoms with Crippen LogP contribution in [0.4, 0.5) is 0 Å². The number of nitrogens with two attached hydrogens (primary N) is 1. The van der Waals surface area contributed by atoms with Gasteiger partial charge >= 0.3 is 0 Å². The van der Waals surface area contributed by atoms with Crippen molar-refractivity contribution in [3.8, 4) is 0 Å². The lowest BCUT2D eigenvalue weighted by molar-refractivity contribution is 0.0992. The summed E-state index contributed by atoms with van der Waals surface area (Å²) in [5, 5.41) is 0. The molecule has 0 bridgehead atoms. The number of pyridine rings is 1. The van der Waals surface area contributed by atoms with Crippen LogP contribution in [0.2, 0.25) is 0 Å². The fourth-order valence-corrected chi connectivity index (χ4v) is 1.44. The second-order valence-corrected chi connectivity index (χ2v) is 3.47. The molecule has 0 fully saturated rings. The van der Waals surface area contributed by atoms with E-state index in [-0.39, 0.29) is 5.78 Å². The Labute approximate surface area is 93.1 Å². The zero-order valence-electron chi connectivity index (χ0n) is 8.72. The Kier molecular flexibility index (Phi) is 3.12. The van der Waals surface area contributed by atoms with E-state index in [9.17, 15) is 4.79 Å². The van der Waals surface area contributed by atoms with Crippen molar-refractivity contribution in [1.29, 1.82) is 0 Å². The molecule has 0 amide bonds. The molecule has 82 valence electrons. The van der Waals surface area contributed by atoms with Crippen LogP contribution in [-0.2, 0) is 13.0 Å². The Balaban J connectivity index is 2.14. The maximum absolute atomic E-state index is 11.9. The summed E-state index contributed by atoms with van der Waals surface area (Å²) in [6.45, 7) is 0.340. The van der Waals surface area contributed by atoms with E-state index in [1.54, 1.807) is 36.9 Å². The third-order valence-corrected chi connectivity index (χ3v) is 2.29. The van der Waals surface area contributed by atoms with Crippen LogP contribution in [0.25, 0.3) is 0 Å². The fraction of sp³-hybridized carbons (Fsp3) is 0.167. The van der Waals surface area contributed by atoms with Crippen molar-refractivity contribution in [1.82, 2.24) is 4.98 Å². The zero-order valence-corrected chi connectivity index (χ0v) is 8.72. The molecule has 0 aliphatic rings. The number of nitrogens with zero attached hydrogens (tertiary/aromatic N) is 1. The molecule has 2 heterocycles. The van der Waals surface area contributed by atoms with Crippen molar-refractivity contribution in [2.24, 2.45) is 5.73 Å². The van der Waals surface area contributed by atoms with Gasteiger partial charge in [-0.2, -0.15) is 0 Å². The highest BCUT2D eigenvalue weighted by molar-refractivity contribution is 5.97. The molecular weight excluding hydrogens is 204 g/mol. The van der Waals surface area contributed by atoms with Gasteiger partial charge in [0.2, 0.25) is 0 Å². The van der Waals surface area contributed by atoms with Crippen LogP contribution in [0.5, 0.6) is 0 Å². The number of carbonyl (C=O) groups excluding carboxylic acids is 1. The molecule has 2 N–H and O–H groups in total. The average molecular weight is 216 g/mol. The molecule has 0 aliphatic heterocycles. The SMILES string of the molecule is NCc1cc(C(=O)Cc2ccoc2)ccn1. The Morgan fingerprint density at radius 1 is 1.44 bits per heavy atom. The molecule has 0 radical (unpaired) electrons. The molecule has 0 spiro atoms. The maximum atomic E-state index is 11.9. The predicted octanol–water partition coefficient (Wildman–Crippen LogP) is 1.56. The van der Waals surface area contributed by atoms with E-state index < -0.39 is 0 Å². The molecule has 4 heteroatoms. The average Bonchev–Trinajstić information content (AvgIpc) is 2.82. The lowest BCUT2D eigenvalue weighted by Crippen LogP contribution is -2.06. The van der Waals surface area contributed by atoms with Crippen LogP contribution in [0.15, 0.2) is 41.3 Å². The fourth-order valence-electron chi connectivity index (χ4n) is 1.44. The zero-order chi connectivity index (χ0) is 11.4. The highest BCUT2D eigenvalue weighted by atomic mass is 16.3. The van der Waals surface area contributed by atoms with E-state index in [4.69, 9.17) is 10.2 Å². The van der Waals surface area contributed by atoms with Gasteiger partial charge in [-0.3, -0.25) is 9.78 Å². The number of ketones is 1. The van der Waals surface area contributed by atoms with Gasteiger partial charge in [-0.05, 0) is 23.8 Å². The molecule has 2 aromatic heterocycles. The summed E-state index contributed by atoms with van der Waals surface area (Å²) in [6, 6.07) is 5.20. The summed E-state index contributed by atoms with van der Waals surface area (Å²) in [6.07, 6.45) is 5.07. The number of rotatable bonds is 4. The Morgan fingerprint density at radius 2 is 2.31 bits per heavy atom. The van der Waals surface area contributed by atoms with Crippen molar-refractivity contribution in [2.75, 3.05) is 0 Å². The van der Waals surface area contributed by atoms with Gasteiger partial charge in [0.15, 0.2) is 5.78 Å². The first-order valence-corrected chi connectivity index (χ1v) is 4.99. The summed E-state index contributed by atoms with van der Waals surface area (Å²) in [7, 11) is 0. The van der Waals surface area contributed by atoms with Crippen LogP contribution < -0.4 is 5.73 Å². The van der Waals surface area contributed by atoms with Crippen molar-refractivity contribution in [3.05, 3.63) is 53.7 Å². The number of hydrogen-bond donors (Lipinski definition) is 1. The number of furan rings is 1. The molecule has 2 rings (SSSR count). The van der Waals surface area contributed by atoms with Crippen LogP contribution in [0, 0.1) is 0 Å². The molecule has 16 heavy (non-hydrogen) atoms. The quantitative estimate of drug-likeness (QED) is 0.787. The molecule has 4 nitrogen and oxygen atoms in total. The topological polar surface area (TPSA) is 69.1 Å². The van der Waals surface area contributed by atoms with Crippen molar-refractivity contribution < 1.29 is 9.21 Å². The minimum Gasteiger partial charge on any atom is -0.472 e. The molecule has 0 aliphatic carbocycles. The van der Waals surface area contributed by atoms with Crippen molar-refractivity contribution in [3.63, 3.8) is 0 Å². The van der Waals surface area contributed by atoms with Gasteiger partial charge in [-0.1, -0.05) is 0 Å². The smallest absolute Gasteiger partial charge is 0.167 e. The van der Waals surface area contributed by atoms with Gasteiger partial charge in [0, 0.05) is 24.7 Å². The maximum Gasteiger partial charge on any atom is 0.167 e. The minimum atomic E-state index is 0.0403. The van der Waals surface area contributed by atoms with Crippen LogP contribution in [0.3, 0.4) is 0 Å². The molecule has 0 atom stereocenters. The van der Waals surface area contributed by atoms with Crippen LogP contribution in [0.1, 0.15) is 21.6 Å². The second kappa shape index (κ2) is 4.72. The number of aromatic nitrogens is 1. The molecule has 0 aromatic carbocycles. The van der Waals surface area contributed by atoms with E-state index >= 15 is 0 Å². The Morgan fingerprint density at radius 3 is 3.00 bits per heavy atom. The number of carbonyl (C=O) groups is 1. The lowest BCUT2D eigenvalue weighted by atomic mass is 10.1. The number of hydrogen-bond acceptors (Lipinski definition) is 4. The minimum absolute atomic E-state index is 0.0403. The number of Topliss-reactive ketones (excluding diaryl/α,β-unsaturated/α-hetero) is 1. The van der Waals surface area contributed by atoms with Crippen molar-refractivity contribution >= 4 is 5.78 Å². The highest BCUT2D eigenvalue weighted by Crippen LogP contribution is 2.08. The van der Waals surface area contributed by atoms with E-state index in [1.807, 2.05) is 0 Å². The first kappa shape index (κ1) is 10.6. The summed E-state index contributed by atoms with van der Waals surface area (Å²) >= 11 is 0. The Bertz CT molecular complexity index is 478.